The molecule has 20 heavy (non-hydrogen) atoms. The lowest BCUT2D eigenvalue weighted by atomic mass is 9.67. The quantitative estimate of drug-likeness (QED) is 0.872. The minimum absolute atomic E-state index is 0.341. The lowest BCUT2D eigenvalue weighted by molar-refractivity contribution is 0.145. The van der Waals surface area contributed by atoms with Crippen LogP contribution in [0.4, 0.5) is 14.5 Å². The van der Waals surface area contributed by atoms with Crippen LogP contribution in [0.1, 0.15) is 32.6 Å². The molecule has 1 aliphatic rings. The molecular formula is C14H19F2NO2S. The van der Waals surface area contributed by atoms with Gasteiger partial charge in [-0.25, -0.2) is 8.42 Å². The largest absolute Gasteiger partial charge is 0.384 e. The van der Waals surface area contributed by atoms with Crippen LogP contribution in [0.25, 0.3) is 0 Å². The van der Waals surface area contributed by atoms with E-state index in [-0.39, 0.29) is 4.90 Å². The first-order valence-electron chi connectivity index (χ1n) is 6.76. The lowest BCUT2D eigenvalue weighted by Crippen LogP contribution is -2.35. The summed E-state index contributed by atoms with van der Waals surface area (Å²) in [7, 11) is -4.50. The fourth-order valence-corrected chi connectivity index (χ4v) is 3.21. The molecule has 3 nitrogen and oxygen atoms in total. The van der Waals surface area contributed by atoms with E-state index >= 15 is 0 Å². The maximum atomic E-state index is 12.4. The summed E-state index contributed by atoms with van der Waals surface area (Å²) < 4.78 is 47.4. The summed E-state index contributed by atoms with van der Waals surface area (Å²) >= 11 is 0. The first kappa shape index (κ1) is 15.2. The highest BCUT2D eigenvalue weighted by atomic mass is 32.2. The smallest absolute Gasteiger partial charge is 0.341 e. The van der Waals surface area contributed by atoms with Gasteiger partial charge in [-0.05, 0) is 48.9 Å². The molecule has 112 valence electrons. The van der Waals surface area contributed by atoms with Gasteiger partial charge in [0.25, 0.3) is 0 Å². The van der Waals surface area contributed by atoms with Crippen LogP contribution >= 0.6 is 0 Å². The molecule has 1 aromatic carbocycles. The number of sulfone groups is 1. The average Bonchev–Trinajstić information content (AvgIpc) is 2.38. The SMILES string of the molecule is CCC1(CNc2ccc(S(=O)(=O)C(F)F)cc2)CCC1. The molecule has 0 radical (unpaired) electrons. The highest BCUT2D eigenvalue weighted by molar-refractivity contribution is 7.91. The van der Waals surface area contributed by atoms with Crippen molar-refractivity contribution in [1.82, 2.24) is 0 Å². The van der Waals surface area contributed by atoms with Gasteiger partial charge in [-0.2, -0.15) is 8.78 Å². The summed E-state index contributed by atoms with van der Waals surface area (Å²) in [5.74, 6) is -3.38. The van der Waals surface area contributed by atoms with E-state index in [0.29, 0.717) is 5.41 Å². The Balaban J connectivity index is 2.02. The van der Waals surface area contributed by atoms with Crippen molar-refractivity contribution in [1.29, 1.82) is 0 Å². The molecule has 0 bridgehead atoms. The summed E-state index contributed by atoms with van der Waals surface area (Å²) in [6.07, 6.45) is 4.77. The molecule has 0 unspecified atom stereocenters. The van der Waals surface area contributed by atoms with Crippen LogP contribution in [0.5, 0.6) is 0 Å². The number of halogens is 2. The van der Waals surface area contributed by atoms with Crippen molar-refractivity contribution in [2.75, 3.05) is 11.9 Å². The van der Waals surface area contributed by atoms with Crippen molar-refractivity contribution in [3.05, 3.63) is 24.3 Å². The minimum Gasteiger partial charge on any atom is -0.384 e. The maximum absolute atomic E-state index is 12.4. The molecule has 1 aromatic rings. The van der Waals surface area contributed by atoms with E-state index in [1.54, 1.807) is 0 Å². The fourth-order valence-electron chi connectivity index (χ4n) is 2.49. The van der Waals surface area contributed by atoms with E-state index in [9.17, 15) is 17.2 Å². The van der Waals surface area contributed by atoms with Gasteiger partial charge in [0.15, 0.2) is 0 Å². The Bertz CT molecular complexity index is 546. The predicted molar refractivity (Wildman–Crippen MR) is 74.7 cm³/mol. The molecule has 0 aromatic heterocycles. The Morgan fingerprint density at radius 3 is 2.25 bits per heavy atom. The Hall–Kier alpha value is -1.17. The second-order valence-corrected chi connectivity index (χ2v) is 7.31. The molecule has 1 fully saturated rings. The van der Waals surface area contributed by atoms with Crippen molar-refractivity contribution in [2.45, 2.75) is 43.3 Å². The van der Waals surface area contributed by atoms with Gasteiger partial charge in [-0.1, -0.05) is 13.3 Å². The fraction of sp³-hybridized carbons (Fsp3) is 0.571. The van der Waals surface area contributed by atoms with Crippen molar-refractivity contribution in [2.24, 2.45) is 5.41 Å². The molecule has 1 aliphatic carbocycles. The number of alkyl halides is 2. The van der Waals surface area contributed by atoms with Crippen molar-refractivity contribution in [3.8, 4) is 0 Å². The Kier molecular flexibility index (Phi) is 4.32. The van der Waals surface area contributed by atoms with Crippen LogP contribution in [0.3, 0.4) is 0 Å². The molecule has 0 aliphatic heterocycles. The van der Waals surface area contributed by atoms with Crippen LogP contribution < -0.4 is 5.32 Å². The zero-order valence-electron chi connectivity index (χ0n) is 11.4. The molecule has 6 heteroatoms. The van der Waals surface area contributed by atoms with Crippen molar-refractivity contribution in [3.63, 3.8) is 0 Å². The third-order valence-corrected chi connectivity index (χ3v) is 5.65. The van der Waals surface area contributed by atoms with Crippen LogP contribution in [0.2, 0.25) is 0 Å². The summed E-state index contributed by atoms with van der Waals surface area (Å²) in [5, 5.41) is 3.26. The monoisotopic (exact) mass is 303 g/mol. The van der Waals surface area contributed by atoms with Gasteiger partial charge in [0.05, 0.1) is 4.90 Å². The van der Waals surface area contributed by atoms with Gasteiger partial charge in [0.1, 0.15) is 0 Å². The van der Waals surface area contributed by atoms with Gasteiger partial charge >= 0.3 is 5.76 Å². The predicted octanol–water partition coefficient (Wildman–Crippen LogP) is 3.68. The zero-order valence-corrected chi connectivity index (χ0v) is 12.2. The molecule has 0 spiro atoms. The number of hydrogen-bond acceptors (Lipinski definition) is 3. The van der Waals surface area contributed by atoms with Gasteiger partial charge in [-0.3, -0.25) is 0 Å². The number of nitrogens with one attached hydrogen (secondary N) is 1. The van der Waals surface area contributed by atoms with Crippen LogP contribution in [-0.4, -0.2) is 20.7 Å². The molecule has 1 N–H and O–H groups in total. The van der Waals surface area contributed by atoms with E-state index in [4.69, 9.17) is 0 Å². The van der Waals surface area contributed by atoms with Gasteiger partial charge in [-0.15, -0.1) is 0 Å². The minimum atomic E-state index is -4.50. The van der Waals surface area contributed by atoms with Crippen LogP contribution in [0.15, 0.2) is 29.2 Å². The van der Waals surface area contributed by atoms with Crippen LogP contribution in [0, 0.1) is 5.41 Å². The standard InChI is InChI=1S/C14H19F2NO2S/c1-2-14(8-3-9-14)10-17-11-4-6-12(7-5-11)20(18,19)13(15)16/h4-7,13,17H,2-3,8-10H2,1H3. The zero-order chi connectivity index (χ0) is 14.8. The Morgan fingerprint density at radius 2 is 1.85 bits per heavy atom. The van der Waals surface area contributed by atoms with E-state index in [1.807, 2.05) is 0 Å². The third-order valence-electron chi connectivity index (χ3n) is 4.25. The number of hydrogen-bond donors (Lipinski definition) is 1. The molecule has 0 amide bonds. The summed E-state index contributed by atoms with van der Waals surface area (Å²) in [6.45, 7) is 3.00. The maximum Gasteiger partial charge on any atom is 0.341 e. The molecule has 2 rings (SSSR count). The number of rotatable bonds is 6. The van der Waals surface area contributed by atoms with E-state index < -0.39 is 15.6 Å². The van der Waals surface area contributed by atoms with Gasteiger partial charge in [0, 0.05) is 12.2 Å². The van der Waals surface area contributed by atoms with Crippen molar-refractivity contribution < 1.29 is 17.2 Å². The molecule has 0 atom stereocenters. The summed E-state index contributed by atoms with van der Waals surface area (Å²) in [5.41, 5.74) is 1.10. The third kappa shape index (κ3) is 2.95. The lowest BCUT2D eigenvalue weighted by Gasteiger charge is -2.41. The van der Waals surface area contributed by atoms with E-state index in [2.05, 4.69) is 12.2 Å². The first-order chi connectivity index (χ1) is 9.39. The number of benzene rings is 1. The molecular weight excluding hydrogens is 284 g/mol. The second kappa shape index (κ2) is 5.68. The molecule has 1 saturated carbocycles. The number of anilines is 1. The highest BCUT2D eigenvalue weighted by Crippen LogP contribution is 2.43. The normalized spacial score (nSPS) is 17.8. The molecule has 0 saturated heterocycles. The Labute approximate surface area is 118 Å². The van der Waals surface area contributed by atoms with Gasteiger partial charge in [0.2, 0.25) is 9.84 Å². The Morgan fingerprint density at radius 1 is 1.25 bits per heavy atom. The van der Waals surface area contributed by atoms with E-state index in [1.165, 1.54) is 43.5 Å². The summed E-state index contributed by atoms with van der Waals surface area (Å²) in [4.78, 5) is -0.341. The van der Waals surface area contributed by atoms with Crippen molar-refractivity contribution >= 4 is 15.5 Å². The average molecular weight is 303 g/mol. The molecule has 0 heterocycles. The van der Waals surface area contributed by atoms with Crippen LogP contribution in [-0.2, 0) is 9.84 Å². The van der Waals surface area contributed by atoms with E-state index in [0.717, 1.165) is 18.7 Å². The highest BCUT2D eigenvalue weighted by Gasteiger charge is 2.34. The second-order valence-electron chi connectivity index (χ2n) is 5.39. The van der Waals surface area contributed by atoms with Gasteiger partial charge < -0.3 is 5.32 Å². The topological polar surface area (TPSA) is 46.2 Å². The summed E-state index contributed by atoms with van der Waals surface area (Å²) in [6, 6.07) is 5.53. The first-order valence-corrected chi connectivity index (χ1v) is 8.30.